The Bertz CT molecular complexity index is 808. The predicted molar refractivity (Wildman–Crippen MR) is 102 cm³/mol. The average Bonchev–Trinajstić information content (AvgIpc) is 2.57. The number of amides is 2. The second-order valence-corrected chi connectivity index (χ2v) is 6.26. The summed E-state index contributed by atoms with van der Waals surface area (Å²) < 4.78 is 0.846. The highest BCUT2D eigenvalue weighted by molar-refractivity contribution is 9.10. The first-order chi connectivity index (χ1) is 11.4. The van der Waals surface area contributed by atoms with Crippen molar-refractivity contribution in [2.75, 3.05) is 12.4 Å². The summed E-state index contributed by atoms with van der Waals surface area (Å²) in [5.74, 6) is -0.569. The SMILES string of the molecule is CNC(=O)c1ccccc1NC(=S)NC(=O)c1ccc(C)c(Br)c1. The summed E-state index contributed by atoms with van der Waals surface area (Å²) in [6.07, 6.45) is 0. The van der Waals surface area contributed by atoms with Gasteiger partial charge in [0.2, 0.25) is 0 Å². The second-order valence-electron chi connectivity index (χ2n) is 5.00. The number of hydrogen-bond acceptors (Lipinski definition) is 3. The van der Waals surface area contributed by atoms with E-state index in [1.165, 1.54) is 0 Å². The zero-order valence-electron chi connectivity index (χ0n) is 13.1. The molecule has 0 unspecified atom stereocenters. The Morgan fingerprint density at radius 1 is 1.08 bits per heavy atom. The molecule has 0 heterocycles. The smallest absolute Gasteiger partial charge is 0.257 e. The summed E-state index contributed by atoms with van der Waals surface area (Å²) in [7, 11) is 1.55. The Morgan fingerprint density at radius 2 is 1.79 bits per heavy atom. The average molecular weight is 406 g/mol. The fraction of sp³-hybridized carbons (Fsp3) is 0.118. The van der Waals surface area contributed by atoms with Gasteiger partial charge in [0.15, 0.2) is 5.11 Å². The summed E-state index contributed by atoms with van der Waals surface area (Å²) in [5, 5.41) is 8.16. The normalized spacial score (nSPS) is 9.96. The third-order valence-corrected chi connectivity index (χ3v) is 4.37. The monoisotopic (exact) mass is 405 g/mol. The molecule has 124 valence electrons. The molecule has 0 saturated carbocycles. The maximum atomic E-state index is 12.2. The lowest BCUT2D eigenvalue weighted by Gasteiger charge is -2.13. The molecule has 2 aromatic carbocycles. The Balaban J connectivity index is 2.10. The summed E-state index contributed by atoms with van der Waals surface area (Å²) in [6.45, 7) is 1.94. The van der Waals surface area contributed by atoms with Gasteiger partial charge in [0.25, 0.3) is 11.8 Å². The van der Waals surface area contributed by atoms with E-state index in [2.05, 4.69) is 31.9 Å². The Kier molecular flexibility index (Phi) is 6.05. The first kappa shape index (κ1) is 18.1. The standard InChI is InChI=1S/C17H16BrN3O2S/c1-10-7-8-11(9-13(10)18)15(22)21-17(24)20-14-6-4-3-5-12(14)16(23)19-2/h3-9H,1-2H3,(H,19,23)(H2,20,21,22,24). The lowest BCUT2D eigenvalue weighted by Crippen LogP contribution is -2.34. The molecule has 3 N–H and O–H groups in total. The van der Waals surface area contributed by atoms with E-state index in [-0.39, 0.29) is 16.9 Å². The number of aryl methyl sites for hydroxylation is 1. The van der Waals surface area contributed by atoms with Crippen LogP contribution in [0.4, 0.5) is 5.69 Å². The number of benzene rings is 2. The Morgan fingerprint density at radius 3 is 2.46 bits per heavy atom. The van der Waals surface area contributed by atoms with Crippen molar-refractivity contribution in [2.24, 2.45) is 0 Å². The van der Waals surface area contributed by atoms with Gasteiger partial charge in [-0.05, 0) is 49.0 Å². The molecule has 24 heavy (non-hydrogen) atoms. The van der Waals surface area contributed by atoms with E-state index < -0.39 is 0 Å². The van der Waals surface area contributed by atoms with E-state index in [1.54, 1.807) is 43.4 Å². The molecule has 0 saturated heterocycles. The molecule has 2 aromatic rings. The van der Waals surface area contributed by atoms with Crippen LogP contribution in [0.25, 0.3) is 0 Å². The number of rotatable bonds is 3. The van der Waals surface area contributed by atoms with Crippen molar-refractivity contribution in [1.29, 1.82) is 0 Å². The van der Waals surface area contributed by atoms with Gasteiger partial charge in [-0.1, -0.05) is 34.1 Å². The summed E-state index contributed by atoms with van der Waals surface area (Å²) in [6, 6.07) is 12.2. The number of thiocarbonyl (C=S) groups is 1. The number of para-hydroxylation sites is 1. The molecule has 5 nitrogen and oxygen atoms in total. The lowest BCUT2D eigenvalue weighted by atomic mass is 10.1. The highest BCUT2D eigenvalue weighted by Gasteiger charge is 2.13. The van der Waals surface area contributed by atoms with Crippen LogP contribution in [0.15, 0.2) is 46.9 Å². The molecule has 0 aliphatic carbocycles. The fourth-order valence-electron chi connectivity index (χ4n) is 1.99. The third-order valence-electron chi connectivity index (χ3n) is 3.31. The minimum Gasteiger partial charge on any atom is -0.355 e. The minimum absolute atomic E-state index is 0.119. The van der Waals surface area contributed by atoms with Crippen LogP contribution in [0, 0.1) is 6.92 Å². The molecule has 0 fully saturated rings. The van der Waals surface area contributed by atoms with Crippen LogP contribution < -0.4 is 16.0 Å². The lowest BCUT2D eigenvalue weighted by molar-refractivity contribution is 0.0961. The molecular formula is C17H16BrN3O2S. The highest BCUT2D eigenvalue weighted by Crippen LogP contribution is 2.18. The Labute approximate surface area is 154 Å². The van der Waals surface area contributed by atoms with E-state index >= 15 is 0 Å². The van der Waals surface area contributed by atoms with E-state index in [0.717, 1.165) is 10.0 Å². The van der Waals surface area contributed by atoms with Gasteiger partial charge in [0.1, 0.15) is 0 Å². The van der Waals surface area contributed by atoms with Crippen molar-refractivity contribution in [1.82, 2.24) is 10.6 Å². The quantitative estimate of drug-likeness (QED) is 0.685. The molecule has 0 atom stereocenters. The number of halogens is 1. The number of hydrogen-bond donors (Lipinski definition) is 3. The van der Waals surface area contributed by atoms with Crippen LogP contribution in [0.2, 0.25) is 0 Å². The molecule has 2 rings (SSSR count). The van der Waals surface area contributed by atoms with Crippen LogP contribution in [0.1, 0.15) is 26.3 Å². The minimum atomic E-state index is -0.328. The Hall–Kier alpha value is -2.25. The molecule has 0 spiro atoms. The van der Waals surface area contributed by atoms with Gasteiger partial charge in [-0.15, -0.1) is 0 Å². The van der Waals surface area contributed by atoms with Crippen molar-refractivity contribution in [3.8, 4) is 0 Å². The van der Waals surface area contributed by atoms with Crippen LogP contribution >= 0.6 is 28.1 Å². The maximum Gasteiger partial charge on any atom is 0.257 e. The summed E-state index contributed by atoms with van der Waals surface area (Å²) >= 11 is 8.56. The van der Waals surface area contributed by atoms with Gasteiger partial charge in [0, 0.05) is 17.1 Å². The number of carbonyl (C=O) groups excluding carboxylic acids is 2. The zero-order chi connectivity index (χ0) is 17.7. The van der Waals surface area contributed by atoms with Crippen molar-refractivity contribution in [3.63, 3.8) is 0 Å². The van der Waals surface area contributed by atoms with Gasteiger partial charge >= 0.3 is 0 Å². The fourth-order valence-corrected chi connectivity index (χ4v) is 2.57. The first-order valence-electron chi connectivity index (χ1n) is 7.12. The molecule has 0 radical (unpaired) electrons. The largest absolute Gasteiger partial charge is 0.355 e. The number of anilines is 1. The second kappa shape index (κ2) is 8.03. The molecule has 0 aliphatic heterocycles. The summed E-state index contributed by atoms with van der Waals surface area (Å²) in [5.41, 5.74) is 2.48. The molecule has 0 bridgehead atoms. The van der Waals surface area contributed by atoms with Gasteiger partial charge < -0.3 is 10.6 Å². The maximum absolute atomic E-state index is 12.2. The molecule has 0 aliphatic rings. The van der Waals surface area contributed by atoms with Crippen LogP contribution in [-0.4, -0.2) is 24.0 Å². The van der Waals surface area contributed by atoms with Gasteiger partial charge in [-0.2, -0.15) is 0 Å². The van der Waals surface area contributed by atoms with Crippen molar-refractivity contribution in [2.45, 2.75) is 6.92 Å². The van der Waals surface area contributed by atoms with Crippen molar-refractivity contribution < 1.29 is 9.59 Å². The molecular weight excluding hydrogens is 390 g/mol. The number of carbonyl (C=O) groups is 2. The van der Waals surface area contributed by atoms with E-state index in [9.17, 15) is 9.59 Å². The van der Waals surface area contributed by atoms with E-state index in [0.29, 0.717) is 16.8 Å². The van der Waals surface area contributed by atoms with Crippen molar-refractivity contribution >= 4 is 50.8 Å². The first-order valence-corrected chi connectivity index (χ1v) is 8.32. The van der Waals surface area contributed by atoms with Crippen LogP contribution in [-0.2, 0) is 0 Å². The summed E-state index contributed by atoms with van der Waals surface area (Å²) in [4.78, 5) is 24.1. The van der Waals surface area contributed by atoms with Crippen LogP contribution in [0.3, 0.4) is 0 Å². The molecule has 0 aromatic heterocycles. The predicted octanol–water partition coefficient (Wildman–Crippen LogP) is 3.24. The van der Waals surface area contributed by atoms with Gasteiger partial charge in [-0.3, -0.25) is 14.9 Å². The van der Waals surface area contributed by atoms with E-state index in [4.69, 9.17) is 12.2 Å². The topological polar surface area (TPSA) is 70.2 Å². The van der Waals surface area contributed by atoms with Crippen molar-refractivity contribution in [3.05, 3.63) is 63.6 Å². The molecule has 2 amide bonds. The van der Waals surface area contributed by atoms with E-state index in [1.807, 2.05) is 13.0 Å². The third kappa shape index (κ3) is 4.39. The zero-order valence-corrected chi connectivity index (χ0v) is 15.5. The molecule has 7 heteroatoms. The highest BCUT2D eigenvalue weighted by atomic mass is 79.9. The van der Waals surface area contributed by atoms with Gasteiger partial charge in [0.05, 0.1) is 11.3 Å². The van der Waals surface area contributed by atoms with Crippen LogP contribution in [0.5, 0.6) is 0 Å². The number of nitrogens with one attached hydrogen (secondary N) is 3. The van der Waals surface area contributed by atoms with Gasteiger partial charge in [-0.25, -0.2) is 0 Å².